The summed E-state index contributed by atoms with van der Waals surface area (Å²) in [6, 6.07) is 12.2. The van der Waals surface area contributed by atoms with Gasteiger partial charge in [-0.1, -0.05) is 23.4 Å². The van der Waals surface area contributed by atoms with Crippen molar-refractivity contribution in [3.8, 4) is 17.0 Å². The average Bonchev–Trinajstić information content (AvgIpc) is 3.18. The van der Waals surface area contributed by atoms with E-state index < -0.39 is 11.6 Å². The van der Waals surface area contributed by atoms with Gasteiger partial charge in [-0.15, -0.1) is 0 Å². The second-order valence-electron chi connectivity index (χ2n) is 7.72. The topological polar surface area (TPSA) is 99.2 Å². The van der Waals surface area contributed by atoms with Crippen LogP contribution in [0.15, 0.2) is 51.8 Å². The number of rotatable bonds is 5. The fourth-order valence-electron chi connectivity index (χ4n) is 3.67. The normalized spacial score (nSPS) is 12.0. The van der Waals surface area contributed by atoms with Crippen LogP contribution in [0.5, 0.6) is 5.75 Å². The van der Waals surface area contributed by atoms with E-state index in [1.54, 1.807) is 33.1 Å². The minimum atomic E-state index is -0.875. The zero-order valence-electron chi connectivity index (χ0n) is 18.6. The zero-order valence-corrected chi connectivity index (χ0v) is 18.6. The summed E-state index contributed by atoms with van der Waals surface area (Å²) in [5.41, 5.74) is 3.50. The van der Waals surface area contributed by atoms with Gasteiger partial charge in [0.05, 0.1) is 12.5 Å². The average molecular weight is 432 g/mol. The Morgan fingerprint density at radius 3 is 2.38 bits per heavy atom. The fraction of sp³-hybridized carbons (Fsp3) is 0.250. The van der Waals surface area contributed by atoms with Crippen LogP contribution in [0.2, 0.25) is 0 Å². The van der Waals surface area contributed by atoms with E-state index in [4.69, 9.17) is 9.26 Å². The molecule has 8 nitrogen and oxygen atoms in total. The molecule has 0 saturated carbocycles. The van der Waals surface area contributed by atoms with Crippen LogP contribution < -0.4 is 15.6 Å². The van der Waals surface area contributed by atoms with Gasteiger partial charge >= 0.3 is 0 Å². The number of nitrogens with one attached hydrogen (secondary N) is 1. The lowest BCUT2D eigenvalue weighted by atomic mass is 10.1. The number of carbonyl (C=O) groups is 1. The van der Waals surface area contributed by atoms with E-state index in [0.717, 1.165) is 27.1 Å². The van der Waals surface area contributed by atoms with E-state index in [2.05, 4.69) is 15.6 Å². The highest BCUT2D eigenvalue weighted by molar-refractivity contribution is 5.96. The van der Waals surface area contributed by atoms with Crippen LogP contribution in [0.3, 0.4) is 0 Å². The Labute approximate surface area is 184 Å². The van der Waals surface area contributed by atoms with Gasteiger partial charge in [0.2, 0.25) is 5.91 Å². The molecule has 8 heteroatoms. The highest BCUT2D eigenvalue weighted by Crippen LogP contribution is 2.29. The van der Waals surface area contributed by atoms with Crippen LogP contribution >= 0.6 is 0 Å². The first-order valence-corrected chi connectivity index (χ1v) is 10.2. The summed E-state index contributed by atoms with van der Waals surface area (Å²) in [5.74, 6) is 0.828. The summed E-state index contributed by atoms with van der Waals surface area (Å²) in [4.78, 5) is 26.2. The largest absolute Gasteiger partial charge is 0.497 e. The van der Waals surface area contributed by atoms with E-state index in [9.17, 15) is 9.59 Å². The van der Waals surface area contributed by atoms with Gasteiger partial charge in [0, 0.05) is 11.3 Å². The molecule has 0 radical (unpaired) electrons. The third-order valence-corrected chi connectivity index (χ3v) is 5.56. The molecule has 0 bridgehead atoms. The van der Waals surface area contributed by atoms with E-state index in [1.807, 2.05) is 44.2 Å². The summed E-state index contributed by atoms with van der Waals surface area (Å²) in [5, 5.41) is 12.0. The van der Waals surface area contributed by atoms with Gasteiger partial charge in [0.1, 0.15) is 23.2 Å². The number of ether oxygens (including phenoxy) is 1. The fourth-order valence-corrected chi connectivity index (χ4v) is 3.67. The number of para-hydroxylation sites is 1. The van der Waals surface area contributed by atoms with E-state index in [0.29, 0.717) is 22.6 Å². The third-order valence-electron chi connectivity index (χ3n) is 5.56. The summed E-state index contributed by atoms with van der Waals surface area (Å²) in [7, 11) is 1.59. The zero-order chi connectivity index (χ0) is 23.0. The van der Waals surface area contributed by atoms with Crippen molar-refractivity contribution in [2.45, 2.75) is 33.7 Å². The molecule has 0 aliphatic rings. The number of aryl methyl sites for hydroxylation is 3. The highest BCUT2D eigenvalue weighted by atomic mass is 16.5. The van der Waals surface area contributed by atoms with E-state index in [1.165, 1.54) is 0 Å². The van der Waals surface area contributed by atoms with Crippen molar-refractivity contribution in [2.75, 3.05) is 12.4 Å². The van der Waals surface area contributed by atoms with Gasteiger partial charge in [0.25, 0.3) is 5.56 Å². The molecule has 0 fully saturated rings. The number of hydrogen-bond acceptors (Lipinski definition) is 6. The molecule has 0 aliphatic heterocycles. The van der Waals surface area contributed by atoms with Crippen molar-refractivity contribution in [1.29, 1.82) is 0 Å². The molecule has 4 rings (SSSR count). The minimum absolute atomic E-state index is 0.134. The number of benzene rings is 2. The van der Waals surface area contributed by atoms with Crippen LogP contribution in [-0.2, 0) is 4.79 Å². The lowest BCUT2D eigenvalue weighted by Crippen LogP contribution is -2.34. The van der Waals surface area contributed by atoms with Crippen molar-refractivity contribution in [1.82, 2.24) is 14.9 Å². The quantitative estimate of drug-likeness (QED) is 0.508. The van der Waals surface area contributed by atoms with E-state index >= 15 is 0 Å². The van der Waals surface area contributed by atoms with Crippen molar-refractivity contribution < 1.29 is 14.1 Å². The molecule has 1 N–H and O–H groups in total. The third kappa shape index (κ3) is 3.64. The molecule has 2 heterocycles. The van der Waals surface area contributed by atoms with Crippen molar-refractivity contribution >= 4 is 22.5 Å². The number of amides is 1. The first-order valence-electron chi connectivity index (χ1n) is 10.2. The molecule has 0 unspecified atom stereocenters. The van der Waals surface area contributed by atoms with Gasteiger partial charge in [-0.05, 0) is 63.1 Å². The van der Waals surface area contributed by atoms with Crippen molar-refractivity contribution in [3.05, 3.63) is 69.7 Å². The summed E-state index contributed by atoms with van der Waals surface area (Å²) < 4.78 is 11.7. The van der Waals surface area contributed by atoms with Crippen LogP contribution in [0.25, 0.3) is 22.2 Å². The second-order valence-corrected chi connectivity index (χ2v) is 7.72. The van der Waals surface area contributed by atoms with Gasteiger partial charge in [-0.2, -0.15) is 5.10 Å². The predicted molar refractivity (Wildman–Crippen MR) is 122 cm³/mol. The maximum Gasteiger partial charge on any atom is 0.297 e. The van der Waals surface area contributed by atoms with Crippen molar-refractivity contribution in [3.63, 3.8) is 0 Å². The lowest BCUT2D eigenvalue weighted by Gasteiger charge is -2.17. The number of methoxy groups -OCH3 is 1. The van der Waals surface area contributed by atoms with Gasteiger partial charge < -0.3 is 14.6 Å². The number of carbonyl (C=O) groups excluding carboxylic acids is 1. The Morgan fingerprint density at radius 1 is 1.09 bits per heavy atom. The summed E-state index contributed by atoms with van der Waals surface area (Å²) in [6.45, 7) is 7.20. The predicted octanol–water partition coefficient (Wildman–Crippen LogP) is 4.19. The number of anilines is 1. The maximum absolute atomic E-state index is 13.1. The Morgan fingerprint density at radius 2 is 1.75 bits per heavy atom. The molecular weight excluding hydrogens is 408 g/mol. The Kier molecular flexibility index (Phi) is 5.52. The van der Waals surface area contributed by atoms with Gasteiger partial charge in [-0.3, -0.25) is 9.59 Å². The number of aromatic nitrogens is 3. The highest BCUT2D eigenvalue weighted by Gasteiger charge is 2.25. The Balaban J connectivity index is 1.81. The molecule has 32 heavy (non-hydrogen) atoms. The smallest absolute Gasteiger partial charge is 0.297 e. The molecule has 1 atom stereocenters. The Hall–Kier alpha value is -3.94. The molecule has 1 amide bonds. The first kappa shape index (κ1) is 21.3. The van der Waals surface area contributed by atoms with E-state index in [-0.39, 0.29) is 11.4 Å². The lowest BCUT2D eigenvalue weighted by molar-refractivity contribution is -0.119. The maximum atomic E-state index is 13.1. The number of fused-ring (bicyclic) bond motifs is 1. The molecule has 2 aromatic heterocycles. The molecular formula is C24H24N4O4. The summed E-state index contributed by atoms with van der Waals surface area (Å²) >= 11 is 0. The second kappa shape index (κ2) is 8.30. The van der Waals surface area contributed by atoms with Crippen LogP contribution in [0.1, 0.15) is 29.9 Å². The minimum Gasteiger partial charge on any atom is -0.497 e. The SMILES string of the molecule is COc1ccc(-c2nn([C@H](C)C(=O)Nc3c(C)cccc3C)c(=O)c3noc(C)c23)cc1. The van der Waals surface area contributed by atoms with Crippen LogP contribution in [0.4, 0.5) is 5.69 Å². The number of hydrogen-bond donors (Lipinski definition) is 1. The molecule has 4 aromatic rings. The molecule has 164 valence electrons. The molecule has 0 saturated heterocycles. The van der Waals surface area contributed by atoms with Gasteiger partial charge in [-0.25, -0.2) is 4.68 Å². The monoisotopic (exact) mass is 432 g/mol. The van der Waals surface area contributed by atoms with Crippen molar-refractivity contribution in [2.24, 2.45) is 0 Å². The summed E-state index contributed by atoms with van der Waals surface area (Å²) in [6.07, 6.45) is 0. The molecule has 2 aromatic carbocycles. The first-order chi connectivity index (χ1) is 15.3. The Bertz CT molecular complexity index is 1350. The molecule has 0 spiro atoms. The standard InChI is InChI=1S/C24H24N4O4/c1-13-7-6-8-14(2)20(13)25-23(29)15(3)28-24(30)22-19(16(4)32-27-22)21(26-28)17-9-11-18(31-5)12-10-17/h6-12,15H,1-5H3,(H,25,29)/t15-/m1/s1. The number of nitrogens with zero attached hydrogens (tertiary/aromatic N) is 3. The van der Waals surface area contributed by atoms with Crippen LogP contribution in [-0.4, -0.2) is 28.0 Å². The molecule has 0 aliphatic carbocycles. The van der Waals surface area contributed by atoms with Crippen LogP contribution in [0, 0.1) is 20.8 Å². The van der Waals surface area contributed by atoms with Gasteiger partial charge in [0.15, 0.2) is 5.52 Å².